The maximum atomic E-state index is 5.48. The Morgan fingerprint density at radius 2 is 2.11 bits per heavy atom. The molecule has 0 bridgehead atoms. The molecule has 0 saturated heterocycles. The van der Waals surface area contributed by atoms with Crippen LogP contribution in [0.1, 0.15) is 32.3 Å². The van der Waals surface area contributed by atoms with Crippen molar-refractivity contribution >= 4 is 35.1 Å². The van der Waals surface area contributed by atoms with Crippen molar-refractivity contribution in [3.63, 3.8) is 0 Å². The van der Waals surface area contributed by atoms with Crippen molar-refractivity contribution in [1.82, 2.24) is 14.5 Å². The lowest BCUT2D eigenvalue weighted by Gasteiger charge is -2.30. The summed E-state index contributed by atoms with van der Waals surface area (Å²) in [5, 5.41) is 0. The Hall–Kier alpha value is -0.810. The minimum Gasteiger partial charge on any atom is -0.329 e. The Labute approximate surface area is 123 Å². The molecular weight excluding hydrogens is 274 g/mol. The van der Waals surface area contributed by atoms with E-state index in [1.807, 2.05) is 24.0 Å². The Morgan fingerprint density at radius 3 is 2.68 bits per heavy atom. The van der Waals surface area contributed by atoms with Gasteiger partial charge in [-0.25, -0.2) is 4.98 Å². The molecule has 0 radical (unpaired) electrons. The fourth-order valence-electron chi connectivity index (χ4n) is 2.44. The quantitative estimate of drug-likeness (QED) is 0.834. The van der Waals surface area contributed by atoms with Crippen molar-refractivity contribution in [2.45, 2.75) is 44.9 Å². The Bertz CT molecular complexity index is 615. The van der Waals surface area contributed by atoms with Crippen LogP contribution in [0.3, 0.4) is 0 Å². The van der Waals surface area contributed by atoms with E-state index >= 15 is 0 Å². The maximum Gasteiger partial charge on any atom is 0.179 e. The van der Waals surface area contributed by atoms with Crippen LogP contribution in [0.25, 0.3) is 11.2 Å². The van der Waals surface area contributed by atoms with Crippen LogP contribution in [0.5, 0.6) is 0 Å². The van der Waals surface area contributed by atoms with Gasteiger partial charge in [0.1, 0.15) is 0 Å². The number of aryl methyl sites for hydroxylation is 1. The lowest BCUT2D eigenvalue weighted by atomic mass is 10.0. The topological polar surface area (TPSA) is 33.6 Å². The molecule has 0 aliphatic heterocycles. The highest BCUT2D eigenvalue weighted by Crippen LogP contribution is 2.33. The van der Waals surface area contributed by atoms with Crippen molar-refractivity contribution in [3.05, 3.63) is 22.6 Å². The number of aromatic nitrogens is 3. The minimum absolute atomic E-state index is 0.235. The molecule has 104 valence electrons. The van der Waals surface area contributed by atoms with Gasteiger partial charge in [0.2, 0.25) is 0 Å². The van der Waals surface area contributed by atoms with E-state index in [0.29, 0.717) is 0 Å². The Kier molecular flexibility index (Phi) is 4.36. The number of aromatic amines is 1. The average molecular weight is 295 g/mol. The number of nitrogens with one attached hydrogen (secondary N) is 1. The average Bonchev–Trinajstić information content (AvgIpc) is 2.74. The van der Waals surface area contributed by atoms with E-state index in [1.165, 1.54) is 5.56 Å². The van der Waals surface area contributed by atoms with Gasteiger partial charge in [-0.1, -0.05) is 13.8 Å². The number of hydrogen-bond donors (Lipinski definition) is 1. The molecule has 0 aromatic carbocycles. The third-order valence-electron chi connectivity index (χ3n) is 4.04. The van der Waals surface area contributed by atoms with Gasteiger partial charge in [-0.05, 0) is 49.9 Å². The fraction of sp³-hybridized carbons (Fsp3) is 0.571. The normalized spacial score (nSPS) is 12.2. The van der Waals surface area contributed by atoms with E-state index in [9.17, 15) is 0 Å². The van der Waals surface area contributed by atoms with Gasteiger partial charge in [-0.3, -0.25) is 0 Å². The summed E-state index contributed by atoms with van der Waals surface area (Å²) in [4.78, 5) is 7.80. The lowest BCUT2D eigenvalue weighted by Crippen LogP contribution is -2.29. The van der Waals surface area contributed by atoms with E-state index in [0.717, 1.165) is 35.3 Å². The van der Waals surface area contributed by atoms with Gasteiger partial charge < -0.3 is 9.55 Å². The summed E-state index contributed by atoms with van der Waals surface area (Å²) in [6, 6.07) is 2.01. The Balaban J connectivity index is 2.54. The zero-order valence-electron chi connectivity index (χ0n) is 12.0. The summed E-state index contributed by atoms with van der Waals surface area (Å²) in [5.41, 5.74) is 3.23. The zero-order chi connectivity index (χ0) is 14.0. The molecule has 0 saturated carbocycles. The van der Waals surface area contributed by atoms with Crippen LogP contribution in [-0.2, 0) is 6.54 Å². The van der Waals surface area contributed by atoms with Gasteiger partial charge in [0.05, 0.1) is 5.52 Å². The molecule has 1 N–H and O–H groups in total. The summed E-state index contributed by atoms with van der Waals surface area (Å²) in [6.45, 7) is 7.49. The van der Waals surface area contributed by atoms with Crippen molar-refractivity contribution in [3.8, 4) is 0 Å². The maximum absolute atomic E-state index is 5.48. The van der Waals surface area contributed by atoms with Crippen molar-refractivity contribution < 1.29 is 0 Å². The second kappa shape index (κ2) is 5.67. The molecule has 19 heavy (non-hydrogen) atoms. The standard InChI is InChI=1S/C14H21N3S2/c1-5-14(6-2,19-4)9-17-12-11(16-13(17)18)10(3)7-8-15-12/h7-8H,5-6,9H2,1-4H3,(H,16,18). The number of fused-ring (bicyclic) bond motifs is 1. The van der Waals surface area contributed by atoms with Gasteiger partial charge in [-0.15, -0.1) is 0 Å². The van der Waals surface area contributed by atoms with Crippen LogP contribution in [0.15, 0.2) is 12.3 Å². The van der Waals surface area contributed by atoms with Crippen LogP contribution in [0.4, 0.5) is 0 Å². The number of pyridine rings is 1. The second-order valence-electron chi connectivity index (χ2n) is 4.94. The van der Waals surface area contributed by atoms with Crippen molar-refractivity contribution in [2.24, 2.45) is 0 Å². The van der Waals surface area contributed by atoms with Crippen molar-refractivity contribution in [2.75, 3.05) is 6.26 Å². The number of imidazole rings is 1. The smallest absolute Gasteiger partial charge is 0.179 e. The highest BCUT2D eigenvalue weighted by molar-refractivity contribution is 8.00. The van der Waals surface area contributed by atoms with Crippen LogP contribution < -0.4 is 0 Å². The van der Waals surface area contributed by atoms with Gasteiger partial charge >= 0.3 is 0 Å². The predicted octanol–water partition coefficient (Wildman–Crippen LogP) is 4.32. The SMILES string of the molecule is CCC(CC)(Cn1c(=S)[nH]c2c(C)ccnc21)SC. The molecule has 2 rings (SSSR count). The minimum atomic E-state index is 0.235. The molecule has 0 atom stereocenters. The first-order valence-electron chi connectivity index (χ1n) is 6.66. The van der Waals surface area contributed by atoms with E-state index in [2.05, 4.69) is 41.6 Å². The zero-order valence-corrected chi connectivity index (χ0v) is 13.6. The van der Waals surface area contributed by atoms with E-state index in [-0.39, 0.29) is 4.75 Å². The summed E-state index contributed by atoms with van der Waals surface area (Å²) >= 11 is 7.41. The number of H-pyrrole nitrogens is 1. The summed E-state index contributed by atoms with van der Waals surface area (Å²) < 4.78 is 3.16. The number of hydrogen-bond acceptors (Lipinski definition) is 3. The molecular formula is C14H21N3S2. The van der Waals surface area contributed by atoms with Gasteiger partial charge in [0.25, 0.3) is 0 Å². The third kappa shape index (κ3) is 2.58. The first kappa shape index (κ1) is 14.6. The molecule has 3 nitrogen and oxygen atoms in total. The molecule has 2 aromatic rings. The molecule has 0 amide bonds. The van der Waals surface area contributed by atoms with Crippen LogP contribution in [-0.4, -0.2) is 25.5 Å². The second-order valence-corrected chi connectivity index (χ2v) is 6.60. The molecule has 0 unspecified atom stereocenters. The van der Waals surface area contributed by atoms with Gasteiger partial charge in [-0.2, -0.15) is 11.8 Å². The number of nitrogens with zero attached hydrogens (tertiary/aromatic N) is 2. The molecule has 0 aliphatic carbocycles. The third-order valence-corrected chi connectivity index (χ3v) is 5.93. The summed E-state index contributed by atoms with van der Waals surface area (Å²) in [6.07, 6.45) is 6.30. The molecule has 0 aliphatic rings. The van der Waals surface area contributed by atoms with Crippen LogP contribution >= 0.6 is 24.0 Å². The highest BCUT2D eigenvalue weighted by atomic mass is 32.2. The largest absolute Gasteiger partial charge is 0.329 e. The Morgan fingerprint density at radius 1 is 1.42 bits per heavy atom. The molecule has 2 heterocycles. The lowest BCUT2D eigenvalue weighted by molar-refractivity contribution is 0.469. The van der Waals surface area contributed by atoms with Gasteiger partial charge in [0.15, 0.2) is 10.4 Å². The monoisotopic (exact) mass is 295 g/mol. The summed E-state index contributed by atoms with van der Waals surface area (Å²) in [7, 11) is 0. The molecule has 0 spiro atoms. The van der Waals surface area contributed by atoms with Crippen LogP contribution in [0.2, 0.25) is 0 Å². The first-order chi connectivity index (χ1) is 9.06. The van der Waals surface area contributed by atoms with E-state index in [4.69, 9.17) is 12.2 Å². The number of thioether (sulfide) groups is 1. The predicted molar refractivity (Wildman–Crippen MR) is 86.5 cm³/mol. The highest BCUT2D eigenvalue weighted by Gasteiger charge is 2.26. The van der Waals surface area contributed by atoms with Crippen molar-refractivity contribution in [1.29, 1.82) is 0 Å². The van der Waals surface area contributed by atoms with E-state index in [1.54, 1.807) is 0 Å². The number of rotatable bonds is 5. The van der Waals surface area contributed by atoms with E-state index < -0.39 is 0 Å². The summed E-state index contributed by atoms with van der Waals surface area (Å²) in [5.74, 6) is 0. The van der Waals surface area contributed by atoms with Crippen LogP contribution in [0, 0.1) is 11.7 Å². The molecule has 2 aromatic heterocycles. The molecule has 0 fully saturated rings. The van der Waals surface area contributed by atoms with Gasteiger partial charge in [0, 0.05) is 17.5 Å². The first-order valence-corrected chi connectivity index (χ1v) is 8.29. The molecule has 5 heteroatoms. The fourth-order valence-corrected chi connectivity index (χ4v) is 3.52.